The van der Waals surface area contributed by atoms with Crippen molar-refractivity contribution >= 4 is 29.9 Å². The minimum Gasteiger partial charge on any atom is -0.495 e. The number of ether oxygens (including phenoxy) is 2. The Labute approximate surface area is 135 Å². The second-order valence-corrected chi connectivity index (χ2v) is 5.08. The highest BCUT2D eigenvalue weighted by Crippen LogP contribution is 2.24. The molecule has 1 fully saturated rings. The summed E-state index contributed by atoms with van der Waals surface area (Å²) in [7, 11) is 1.57. The van der Waals surface area contributed by atoms with Gasteiger partial charge in [0.05, 0.1) is 25.3 Å². The van der Waals surface area contributed by atoms with Gasteiger partial charge in [-0.3, -0.25) is 4.79 Å². The SMILES string of the molecule is COc1ccc(CNC(=O)CC2COCCN2)cc1Cl.Cl. The highest BCUT2D eigenvalue weighted by atomic mass is 35.5. The maximum Gasteiger partial charge on any atom is 0.221 e. The van der Waals surface area contributed by atoms with Gasteiger partial charge >= 0.3 is 0 Å². The van der Waals surface area contributed by atoms with Crippen LogP contribution in [0.3, 0.4) is 0 Å². The molecule has 0 spiro atoms. The van der Waals surface area contributed by atoms with Gasteiger partial charge in [-0.1, -0.05) is 17.7 Å². The first-order valence-corrected chi connectivity index (χ1v) is 6.97. The first kappa shape index (κ1) is 18.0. The van der Waals surface area contributed by atoms with Crippen LogP contribution in [0.4, 0.5) is 0 Å². The molecule has 0 aromatic heterocycles. The van der Waals surface area contributed by atoms with E-state index in [1.807, 2.05) is 6.07 Å². The number of halogens is 2. The van der Waals surface area contributed by atoms with Crippen molar-refractivity contribution in [2.75, 3.05) is 26.9 Å². The average Bonchev–Trinajstić information content (AvgIpc) is 2.46. The molecule has 2 N–H and O–H groups in total. The molecule has 0 saturated carbocycles. The Hall–Kier alpha value is -1.01. The van der Waals surface area contributed by atoms with Crippen LogP contribution in [0.15, 0.2) is 18.2 Å². The lowest BCUT2D eigenvalue weighted by Gasteiger charge is -2.23. The topological polar surface area (TPSA) is 59.6 Å². The highest BCUT2D eigenvalue weighted by Gasteiger charge is 2.16. The molecule has 1 aliphatic rings. The van der Waals surface area contributed by atoms with E-state index in [-0.39, 0.29) is 24.4 Å². The molecule has 0 radical (unpaired) electrons. The quantitative estimate of drug-likeness (QED) is 0.861. The normalized spacial score (nSPS) is 17.7. The van der Waals surface area contributed by atoms with E-state index in [1.165, 1.54) is 0 Å². The monoisotopic (exact) mass is 334 g/mol. The molecule has 1 unspecified atom stereocenters. The first-order chi connectivity index (χ1) is 9.69. The summed E-state index contributed by atoms with van der Waals surface area (Å²) in [6, 6.07) is 5.57. The van der Waals surface area contributed by atoms with Crippen LogP contribution in [0.5, 0.6) is 5.75 Å². The Morgan fingerprint density at radius 2 is 2.38 bits per heavy atom. The van der Waals surface area contributed by atoms with E-state index in [4.69, 9.17) is 21.1 Å². The van der Waals surface area contributed by atoms with E-state index in [0.717, 1.165) is 12.1 Å². The summed E-state index contributed by atoms with van der Waals surface area (Å²) in [5.74, 6) is 0.630. The fraction of sp³-hybridized carbons (Fsp3) is 0.500. The molecule has 1 atom stereocenters. The molecule has 1 aliphatic heterocycles. The van der Waals surface area contributed by atoms with E-state index in [1.54, 1.807) is 19.2 Å². The predicted molar refractivity (Wildman–Crippen MR) is 84.3 cm³/mol. The van der Waals surface area contributed by atoms with Gasteiger partial charge in [0, 0.05) is 25.6 Å². The molecule has 7 heteroatoms. The van der Waals surface area contributed by atoms with Crippen molar-refractivity contribution in [2.24, 2.45) is 0 Å². The zero-order valence-corrected chi connectivity index (χ0v) is 13.4. The number of benzene rings is 1. The van der Waals surface area contributed by atoms with Crippen LogP contribution < -0.4 is 15.4 Å². The third kappa shape index (κ3) is 5.71. The number of hydrogen-bond donors (Lipinski definition) is 2. The number of hydrogen-bond acceptors (Lipinski definition) is 4. The van der Waals surface area contributed by atoms with Gasteiger partial charge in [-0.15, -0.1) is 12.4 Å². The van der Waals surface area contributed by atoms with Crippen molar-refractivity contribution in [1.29, 1.82) is 0 Å². The fourth-order valence-electron chi connectivity index (χ4n) is 2.07. The number of nitrogens with one attached hydrogen (secondary N) is 2. The molecule has 0 bridgehead atoms. The van der Waals surface area contributed by atoms with Crippen LogP contribution in [0.25, 0.3) is 0 Å². The van der Waals surface area contributed by atoms with Gasteiger partial charge in [-0.2, -0.15) is 0 Å². The van der Waals surface area contributed by atoms with Gasteiger partial charge in [0.25, 0.3) is 0 Å². The number of morpholine rings is 1. The lowest BCUT2D eigenvalue weighted by atomic mass is 10.1. The zero-order chi connectivity index (χ0) is 14.4. The minimum atomic E-state index is -0.0000551. The van der Waals surface area contributed by atoms with Crippen LogP contribution in [0, 0.1) is 0 Å². The zero-order valence-electron chi connectivity index (χ0n) is 11.9. The van der Waals surface area contributed by atoms with E-state index < -0.39 is 0 Å². The van der Waals surface area contributed by atoms with Crippen molar-refractivity contribution in [1.82, 2.24) is 10.6 Å². The standard InChI is InChI=1S/C14H19ClN2O3.ClH/c1-19-13-3-2-10(6-12(13)15)8-17-14(18)7-11-9-20-5-4-16-11;/h2-3,6,11,16H,4-5,7-9H2,1H3,(H,17,18);1H. The van der Waals surface area contributed by atoms with Crippen LogP contribution in [0.2, 0.25) is 5.02 Å². The molecule has 5 nitrogen and oxygen atoms in total. The Kier molecular flexibility index (Phi) is 7.82. The van der Waals surface area contributed by atoms with Gasteiger partial charge in [0.2, 0.25) is 5.91 Å². The van der Waals surface area contributed by atoms with Gasteiger partial charge in [-0.25, -0.2) is 0 Å². The molecular weight excluding hydrogens is 315 g/mol. The van der Waals surface area contributed by atoms with Crippen molar-refractivity contribution in [3.05, 3.63) is 28.8 Å². The third-order valence-corrected chi connectivity index (χ3v) is 3.43. The Bertz CT molecular complexity index is 466. The summed E-state index contributed by atoms with van der Waals surface area (Å²) in [5.41, 5.74) is 0.942. The van der Waals surface area contributed by atoms with Gasteiger partial charge < -0.3 is 20.1 Å². The van der Waals surface area contributed by atoms with Crippen LogP contribution in [0.1, 0.15) is 12.0 Å². The van der Waals surface area contributed by atoms with E-state index in [9.17, 15) is 4.79 Å². The summed E-state index contributed by atoms with van der Waals surface area (Å²) in [6.07, 6.45) is 0.421. The van der Waals surface area contributed by atoms with Crippen molar-refractivity contribution in [2.45, 2.75) is 19.0 Å². The molecule has 21 heavy (non-hydrogen) atoms. The second kappa shape index (κ2) is 9.10. The molecule has 1 aromatic rings. The highest BCUT2D eigenvalue weighted by molar-refractivity contribution is 6.32. The first-order valence-electron chi connectivity index (χ1n) is 6.59. The lowest BCUT2D eigenvalue weighted by molar-refractivity contribution is -0.122. The third-order valence-electron chi connectivity index (χ3n) is 3.14. The number of rotatable bonds is 5. The van der Waals surface area contributed by atoms with Crippen molar-refractivity contribution in [3.8, 4) is 5.75 Å². The minimum absolute atomic E-state index is 0. The van der Waals surface area contributed by atoms with Gasteiger partial charge in [0.15, 0.2) is 0 Å². The second-order valence-electron chi connectivity index (χ2n) is 4.68. The number of methoxy groups -OCH3 is 1. The van der Waals surface area contributed by atoms with Crippen molar-refractivity contribution < 1.29 is 14.3 Å². The molecule has 1 aromatic carbocycles. The summed E-state index contributed by atoms with van der Waals surface area (Å²) in [4.78, 5) is 11.8. The Balaban J connectivity index is 0.00000220. The average molecular weight is 335 g/mol. The van der Waals surface area contributed by atoms with Gasteiger partial charge in [-0.05, 0) is 17.7 Å². The molecule has 0 aliphatic carbocycles. The Morgan fingerprint density at radius 3 is 3.00 bits per heavy atom. The number of amides is 1. The number of carbonyl (C=O) groups is 1. The van der Waals surface area contributed by atoms with Crippen molar-refractivity contribution in [3.63, 3.8) is 0 Å². The Morgan fingerprint density at radius 1 is 1.57 bits per heavy atom. The molecular formula is C14H20Cl2N2O3. The molecule has 1 amide bonds. The van der Waals surface area contributed by atoms with E-state index >= 15 is 0 Å². The van der Waals surface area contributed by atoms with Crippen LogP contribution in [-0.4, -0.2) is 38.8 Å². The summed E-state index contributed by atoms with van der Waals surface area (Å²) >= 11 is 6.04. The predicted octanol–water partition coefficient (Wildman–Crippen LogP) is 1.77. The van der Waals surface area contributed by atoms with E-state index in [2.05, 4.69) is 10.6 Å². The number of carbonyl (C=O) groups excluding carboxylic acids is 1. The molecule has 118 valence electrons. The van der Waals surface area contributed by atoms with Crippen LogP contribution in [-0.2, 0) is 16.1 Å². The molecule has 2 rings (SSSR count). The van der Waals surface area contributed by atoms with Crippen LogP contribution >= 0.6 is 24.0 Å². The summed E-state index contributed by atoms with van der Waals surface area (Å²) < 4.78 is 10.4. The molecule has 1 saturated heterocycles. The maximum atomic E-state index is 11.8. The fourth-order valence-corrected chi connectivity index (χ4v) is 2.35. The van der Waals surface area contributed by atoms with Gasteiger partial charge in [0.1, 0.15) is 5.75 Å². The smallest absolute Gasteiger partial charge is 0.221 e. The summed E-state index contributed by atoms with van der Waals surface area (Å²) in [6.45, 7) is 2.55. The maximum absolute atomic E-state index is 11.8. The lowest BCUT2D eigenvalue weighted by Crippen LogP contribution is -2.44. The largest absolute Gasteiger partial charge is 0.495 e. The molecule has 1 heterocycles. The van der Waals surface area contributed by atoms with E-state index in [0.29, 0.717) is 37.0 Å². The summed E-state index contributed by atoms with van der Waals surface area (Å²) in [5, 5.41) is 6.67.